The van der Waals surface area contributed by atoms with Gasteiger partial charge in [0, 0.05) is 0 Å². The lowest BCUT2D eigenvalue weighted by Gasteiger charge is -2.29. The number of nitrogens with one attached hydrogen (secondary N) is 1. The molecule has 0 saturated carbocycles. The molecular formula is C20H10BrCl3N2O3S. The number of ether oxygens (including phenoxy) is 1. The first kappa shape index (κ1) is 22.6. The van der Waals surface area contributed by atoms with Crippen molar-refractivity contribution in [2.45, 2.75) is 0 Å². The lowest BCUT2D eigenvalue weighted by atomic mass is 10.1. The maximum absolute atomic E-state index is 13.1. The number of halogens is 4. The second-order valence-corrected chi connectivity index (χ2v) is 8.27. The largest absolute Gasteiger partial charge is 0.478 e. The molecule has 10 heteroatoms. The zero-order valence-corrected chi connectivity index (χ0v) is 19.5. The summed E-state index contributed by atoms with van der Waals surface area (Å²) < 4.78 is 5.89. The van der Waals surface area contributed by atoms with Crippen molar-refractivity contribution in [3.63, 3.8) is 0 Å². The van der Waals surface area contributed by atoms with E-state index >= 15 is 0 Å². The third-order valence-electron chi connectivity index (χ3n) is 3.91. The van der Waals surface area contributed by atoms with E-state index in [2.05, 4.69) is 27.2 Å². The van der Waals surface area contributed by atoms with E-state index in [1.54, 1.807) is 24.3 Å². The predicted octanol–water partition coefficient (Wildman–Crippen LogP) is 5.25. The minimum Gasteiger partial charge on any atom is -0.478 e. The molecule has 5 nitrogen and oxygen atoms in total. The van der Waals surface area contributed by atoms with Gasteiger partial charge in [-0.2, -0.15) is 0 Å². The average molecular weight is 545 g/mol. The molecule has 2 amide bonds. The first-order valence-electron chi connectivity index (χ1n) is 8.15. The standard InChI is InChI=1S/C20H10BrCl3N2O3S/c1-2-6-29-17-12(21)8-10(9-14(17)23)7-11-18(27)25-20(30)26(19(11)28)15-5-3-4-13(22)16(15)24/h1,3-5,7-9H,6H2,(H,25,27,30)/b11-7+. The summed E-state index contributed by atoms with van der Waals surface area (Å²) in [7, 11) is 0. The van der Waals surface area contributed by atoms with Crippen molar-refractivity contribution in [2.75, 3.05) is 11.5 Å². The normalized spacial score (nSPS) is 15.2. The molecule has 1 aliphatic rings. The Morgan fingerprint density at radius 1 is 1.23 bits per heavy atom. The highest BCUT2D eigenvalue weighted by atomic mass is 79.9. The molecule has 1 heterocycles. The molecule has 0 radical (unpaired) electrons. The van der Waals surface area contributed by atoms with Crippen molar-refractivity contribution >= 4 is 91.6 Å². The Bertz CT molecular complexity index is 1140. The number of carbonyl (C=O) groups excluding carboxylic acids is 2. The van der Waals surface area contributed by atoms with Gasteiger partial charge in [0.15, 0.2) is 10.9 Å². The van der Waals surface area contributed by atoms with Crippen LogP contribution in [0.2, 0.25) is 15.1 Å². The first-order valence-corrected chi connectivity index (χ1v) is 10.5. The monoisotopic (exact) mass is 542 g/mol. The smallest absolute Gasteiger partial charge is 0.270 e. The van der Waals surface area contributed by atoms with Gasteiger partial charge in [-0.15, -0.1) is 6.42 Å². The van der Waals surface area contributed by atoms with E-state index in [0.29, 0.717) is 15.8 Å². The van der Waals surface area contributed by atoms with Gasteiger partial charge in [0.1, 0.15) is 12.2 Å². The summed E-state index contributed by atoms with van der Waals surface area (Å²) in [6.07, 6.45) is 6.58. The van der Waals surface area contributed by atoms with E-state index in [1.807, 2.05) is 0 Å². The summed E-state index contributed by atoms with van der Waals surface area (Å²) >= 11 is 27.0. The molecule has 0 atom stereocenters. The Morgan fingerprint density at radius 2 is 1.97 bits per heavy atom. The molecule has 0 aliphatic carbocycles. The number of anilines is 1. The Kier molecular flexibility index (Phi) is 7.06. The van der Waals surface area contributed by atoms with E-state index in [-0.39, 0.29) is 38.0 Å². The molecule has 1 aliphatic heterocycles. The zero-order valence-electron chi connectivity index (χ0n) is 14.8. The summed E-state index contributed by atoms with van der Waals surface area (Å²) in [4.78, 5) is 26.7. The quantitative estimate of drug-likeness (QED) is 0.247. The minimum absolute atomic E-state index is 0.0342. The fourth-order valence-electron chi connectivity index (χ4n) is 2.62. The number of benzene rings is 2. The van der Waals surface area contributed by atoms with Crippen molar-refractivity contribution in [2.24, 2.45) is 0 Å². The number of rotatable bonds is 4. The molecule has 0 spiro atoms. The van der Waals surface area contributed by atoms with Crippen molar-refractivity contribution in [1.82, 2.24) is 5.32 Å². The fraction of sp³-hybridized carbons (Fsp3) is 0.0500. The van der Waals surface area contributed by atoms with Gasteiger partial charge < -0.3 is 4.74 Å². The number of carbonyl (C=O) groups is 2. The van der Waals surface area contributed by atoms with E-state index in [0.717, 1.165) is 4.90 Å². The molecule has 3 rings (SSSR count). The third-order valence-corrected chi connectivity index (χ3v) is 5.87. The van der Waals surface area contributed by atoms with Crippen LogP contribution in [0.25, 0.3) is 6.08 Å². The van der Waals surface area contributed by atoms with E-state index < -0.39 is 11.8 Å². The van der Waals surface area contributed by atoms with E-state index in [9.17, 15) is 9.59 Å². The molecule has 1 N–H and O–H groups in total. The molecule has 0 unspecified atom stereocenters. The molecule has 2 aromatic rings. The van der Waals surface area contributed by atoms with Gasteiger partial charge in [-0.05, 0) is 64.1 Å². The topological polar surface area (TPSA) is 58.6 Å². The number of hydrogen-bond acceptors (Lipinski definition) is 4. The summed E-state index contributed by atoms with van der Waals surface area (Å²) in [5.74, 6) is 1.39. The average Bonchev–Trinajstić information content (AvgIpc) is 2.67. The maximum atomic E-state index is 13.1. The van der Waals surface area contributed by atoms with Crippen LogP contribution >= 0.6 is 63.0 Å². The number of thiocarbonyl (C=S) groups is 1. The number of hydrogen-bond donors (Lipinski definition) is 1. The number of terminal acetylenes is 1. The first-order chi connectivity index (χ1) is 14.2. The lowest BCUT2D eigenvalue weighted by molar-refractivity contribution is -0.122. The van der Waals surface area contributed by atoms with Gasteiger partial charge in [-0.25, -0.2) is 0 Å². The second-order valence-electron chi connectivity index (χ2n) is 5.84. The summed E-state index contributed by atoms with van der Waals surface area (Å²) in [5.41, 5.74) is 0.561. The van der Waals surface area contributed by atoms with Crippen LogP contribution in [0.15, 0.2) is 40.4 Å². The third kappa shape index (κ3) is 4.48. The minimum atomic E-state index is -0.659. The van der Waals surface area contributed by atoms with Crippen molar-refractivity contribution < 1.29 is 14.3 Å². The molecular weight excluding hydrogens is 535 g/mol. The molecule has 0 aromatic heterocycles. The van der Waals surface area contributed by atoms with Crippen LogP contribution in [0.3, 0.4) is 0 Å². The van der Waals surface area contributed by atoms with Gasteiger partial charge >= 0.3 is 0 Å². The van der Waals surface area contributed by atoms with E-state index in [4.69, 9.17) is 58.2 Å². The molecule has 1 fully saturated rings. The van der Waals surface area contributed by atoms with Crippen LogP contribution in [-0.4, -0.2) is 23.5 Å². The number of nitrogens with zero attached hydrogens (tertiary/aromatic N) is 1. The van der Waals surface area contributed by atoms with Crippen LogP contribution in [-0.2, 0) is 9.59 Å². The van der Waals surface area contributed by atoms with Crippen LogP contribution in [0.1, 0.15) is 5.56 Å². The van der Waals surface area contributed by atoms with Crippen molar-refractivity contribution in [3.8, 4) is 18.1 Å². The van der Waals surface area contributed by atoms with Crippen molar-refractivity contribution in [1.29, 1.82) is 0 Å². The number of amides is 2. The Labute approximate surface area is 201 Å². The highest BCUT2D eigenvalue weighted by Gasteiger charge is 2.35. The SMILES string of the molecule is C#CCOc1c(Cl)cc(/C=C2\C(=O)NC(=S)N(c3cccc(Cl)c3Cl)C2=O)cc1Br. The second kappa shape index (κ2) is 9.38. The zero-order chi connectivity index (χ0) is 22.0. The lowest BCUT2D eigenvalue weighted by Crippen LogP contribution is -2.54. The van der Waals surface area contributed by atoms with Gasteiger partial charge in [0.05, 0.1) is 25.2 Å². The van der Waals surface area contributed by atoms with Gasteiger partial charge in [0.2, 0.25) is 0 Å². The van der Waals surface area contributed by atoms with Crippen molar-refractivity contribution in [3.05, 3.63) is 61.0 Å². The Hall–Kier alpha value is -2.08. The van der Waals surface area contributed by atoms with Crippen LogP contribution in [0.4, 0.5) is 5.69 Å². The van der Waals surface area contributed by atoms with Gasteiger partial charge in [0.25, 0.3) is 11.8 Å². The summed E-state index contributed by atoms with van der Waals surface area (Å²) in [5, 5.41) is 2.99. The predicted molar refractivity (Wildman–Crippen MR) is 126 cm³/mol. The Morgan fingerprint density at radius 3 is 2.63 bits per heavy atom. The molecule has 1 saturated heterocycles. The molecule has 152 valence electrons. The van der Waals surface area contributed by atoms with Gasteiger partial charge in [-0.3, -0.25) is 19.8 Å². The molecule has 0 bridgehead atoms. The van der Waals surface area contributed by atoms with Crippen LogP contribution in [0, 0.1) is 12.3 Å². The highest BCUT2D eigenvalue weighted by molar-refractivity contribution is 9.10. The highest BCUT2D eigenvalue weighted by Crippen LogP contribution is 2.37. The van der Waals surface area contributed by atoms with Crippen LogP contribution in [0.5, 0.6) is 5.75 Å². The summed E-state index contributed by atoms with van der Waals surface area (Å²) in [6.45, 7) is 0.0342. The Balaban J connectivity index is 2.03. The van der Waals surface area contributed by atoms with E-state index in [1.165, 1.54) is 12.1 Å². The maximum Gasteiger partial charge on any atom is 0.270 e. The van der Waals surface area contributed by atoms with Crippen LogP contribution < -0.4 is 15.0 Å². The molecule has 30 heavy (non-hydrogen) atoms. The fourth-order valence-corrected chi connectivity index (χ4v) is 4.27. The van der Waals surface area contributed by atoms with Gasteiger partial charge in [-0.1, -0.05) is 46.8 Å². The summed E-state index contributed by atoms with van der Waals surface area (Å²) in [6, 6.07) is 7.93. The molecule has 2 aromatic carbocycles.